The van der Waals surface area contributed by atoms with E-state index in [4.69, 9.17) is 4.74 Å². The Morgan fingerprint density at radius 3 is 2.03 bits per heavy atom. The van der Waals surface area contributed by atoms with Crippen molar-refractivity contribution in [1.82, 2.24) is 0 Å². The molecule has 33 heavy (non-hydrogen) atoms. The van der Waals surface area contributed by atoms with E-state index in [0.29, 0.717) is 11.3 Å². The Bertz CT molecular complexity index is 1300. The van der Waals surface area contributed by atoms with Crippen LogP contribution in [-0.2, 0) is 14.3 Å². The number of alkyl halides is 3. The Hall–Kier alpha value is -3.70. The first-order valence-electron chi connectivity index (χ1n) is 9.64. The third-order valence-corrected chi connectivity index (χ3v) is 5.71. The lowest BCUT2D eigenvalue weighted by Gasteiger charge is -2.16. The van der Waals surface area contributed by atoms with Gasteiger partial charge in [0.2, 0.25) is 5.76 Å². The van der Waals surface area contributed by atoms with Crippen molar-refractivity contribution >= 4 is 15.7 Å². The molecule has 3 aromatic rings. The molecule has 0 bridgehead atoms. The zero-order valence-electron chi connectivity index (χ0n) is 17.7. The second-order valence-corrected chi connectivity index (χ2v) is 8.44. The van der Waals surface area contributed by atoms with Gasteiger partial charge in [-0.25, -0.2) is 0 Å². The predicted octanol–water partition coefficient (Wildman–Crippen LogP) is 5.73. The number of rotatable bonds is 5. The molecule has 0 aliphatic rings. The Labute approximate surface area is 190 Å². The first kappa shape index (κ1) is 24.0. The molecule has 0 unspecified atom stereocenters. The van der Waals surface area contributed by atoms with Gasteiger partial charge in [0.15, 0.2) is 0 Å². The van der Waals surface area contributed by atoms with Crippen LogP contribution in [0.3, 0.4) is 0 Å². The minimum Gasteiger partial charge on any atom is -0.497 e. The second-order valence-electron chi connectivity index (χ2n) is 6.90. The van der Waals surface area contributed by atoms with E-state index in [1.807, 2.05) is 0 Å². The molecule has 0 saturated heterocycles. The van der Waals surface area contributed by atoms with Crippen LogP contribution in [0.1, 0.15) is 16.7 Å². The van der Waals surface area contributed by atoms with Crippen molar-refractivity contribution in [3.63, 3.8) is 0 Å². The van der Waals surface area contributed by atoms with E-state index in [0.717, 1.165) is 5.56 Å². The Morgan fingerprint density at radius 2 is 1.48 bits per heavy atom. The largest absolute Gasteiger partial charge is 0.497 e. The minimum atomic E-state index is -5.13. The number of aryl methyl sites for hydroxylation is 1. The number of benzene rings is 3. The van der Waals surface area contributed by atoms with Crippen LogP contribution in [0, 0.1) is 18.8 Å². The summed E-state index contributed by atoms with van der Waals surface area (Å²) in [5, 5.41) is 0. The van der Waals surface area contributed by atoms with Gasteiger partial charge >= 0.3 is 16.3 Å². The predicted molar refractivity (Wildman–Crippen MR) is 119 cm³/mol. The monoisotopic (exact) mass is 472 g/mol. The molecular formula is C25H19F3O4S. The summed E-state index contributed by atoms with van der Waals surface area (Å²) < 4.78 is 77.2. The smallest absolute Gasteiger partial charge is 0.452 e. The molecule has 0 spiro atoms. The van der Waals surface area contributed by atoms with Crippen LogP contribution in [0.5, 0.6) is 5.75 Å². The van der Waals surface area contributed by atoms with Crippen LogP contribution in [-0.4, -0.2) is 21.7 Å². The number of allylic oxidation sites excluding steroid dienone is 2. The van der Waals surface area contributed by atoms with Gasteiger partial charge < -0.3 is 8.92 Å². The molecule has 0 heterocycles. The van der Waals surface area contributed by atoms with Gasteiger partial charge in [0, 0.05) is 5.56 Å². The maximum Gasteiger partial charge on any atom is 0.452 e. The molecule has 0 N–H and O–H groups in total. The fourth-order valence-electron chi connectivity index (χ4n) is 2.77. The molecule has 0 aliphatic carbocycles. The van der Waals surface area contributed by atoms with E-state index in [-0.39, 0.29) is 5.56 Å². The van der Waals surface area contributed by atoms with Crippen molar-refractivity contribution in [3.05, 3.63) is 101 Å². The topological polar surface area (TPSA) is 52.6 Å². The highest BCUT2D eigenvalue weighted by Gasteiger charge is 2.42. The molecule has 0 aliphatic heterocycles. The van der Waals surface area contributed by atoms with Crippen molar-refractivity contribution in [2.24, 2.45) is 0 Å². The first-order valence-corrected chi connectivity index (χ1v) is 11.0. The highest BCUT2D eigenvalue weighted by atomic mass is 32.2. The lowest BCUT2D eigenvalue weighted by molar-refractivity contribution is -0.114. The third kappa shape index (κ3) is 6.18. The average Bonchev–Trinajstić information content (AvgIpc) is 2.79. The first-order chi connectivity index (χ1) is 15.6. The van der Waals surface area contributed by atoms with Gasteiger partial charge in [-0.15, -0.1) is 0 Å². The summed E-state index contributed by atoms with van der Waals surface area (Å²) in [4.78, 5) is -0.398. The molecule has 8 heteroatoms. The van der Waals surface area contributed by atoms with Crippen molar-refractivity contribution in [1.29, 1.82) is 0 Å². The highest BCUT2D eigenvalue weighted by Crippen LogP contribution is 2.35. The summed E-state index contributed by atoms with van der Waals surface area (Å²) in [6, 6.07) is 19.1. The zero-order valence-corrected chi connectivity index (χ0v) is 18.5. The summed E-state index contributed by atoms with van der Waals surface area (Å²) in [5.41, 5.74) is 0.613. The molecule has 4 nitrogen and oxygen atoms in total. The number of halogens is 3. The minimum absolute atomic E-state index is 0.0601. The fraction of sp³-hybridized carbons (Fsp3) is 0.120. The summed E-state index contributed by atoms with van der Waals surface area (Å²) in [6.45, 7) is 1.72. The Balaban J connectivity index is 2.16. The van der Waals surface area contributed by atoms with E-state index in [2.05, 4.69) is 16.0 Å². The lowest BCUT2D eigenvalue weighted by Crippen LogP contribution is -2.20. The Kier molecular flexibility index (Phi) is 7.14. The molecule has 0 saturated carbocycles. The normalized spacial score (nSPS) is 12.3. The van der Waals surface area contributed by atoms with E-state index in [9.17, 15) is 21.6 Å². The average molecular weight is 472 g/mol. The number of ether oxygens (including phenoxy) is 1. The fourth-order valence-corrected chi connectivity index (χ4v) is 3.73. The quantitative estimate of drug-likeness (QED) is 0.270. The van der Waals surface area contributed by atoms with Crippen molar-refractivity contribution < 1.29 is 30.5 Å². The van der Waals surface area contributed by atoms with Gasteiger partial charge in [0.05, 0.1) is 12.7 Å². The summed E-state index contributed by atoms with van der Waals surface area (Å²) in [5.74, 6) is 3.95. The van der Waals surface area contributed by atoms with Crippen molar-refractivity contribution in [2.75, 3.05) is 7.11 Å². The van der Waals surface area contributed by atoms with Crippen LogP contribution in [0.2, 0.25) is 0 Å². The number of hydrogen-bond acceptors (Lipinski definition) is 4. The SMILES string of the molecule is COc1ccc(C#C/C(=C(\OS(=O)(=O)c2ccc(C)cc2)C(F)(F)F)c2ccccc2)cc1. The van der Waals surface area contributed by atoms with Crippen LogP contribution in [0.4, 0.5) is 13.2 Å². The highest BCUT2D eigenvalue weighted by molar-refractivity contribution is 7.86. The molecule has 3 aromatic carbocycles. The van der Waals surface area contributed by atoms with Crippen molar-refractivity contribution in [2.45, 2.75) is 18.0 Å². The van der Waals surface area contributed by atoms with Crippen LogP contribution >= 0.6 is 0 Å². The molecule has 0 atom stereocenters. The molecule has 0 amide bonds. The summed E-state index contributed by atoms with van der Waals surface area (Å²) in [6.07, 6.45) is -5.13. The summed E-state index contributed by atoms with van der Waals surface area (Å²) in [7, 11) is -3.28. The number of methoxy groups -OCH3 is 1. The second kappa shape index (κ2) is 9.84. The van der Waals surface area contributed by atoms with E-state index < -0.39 is 32.5 Å². The number of hydrogen-bond donors (Lipinski definition) is 0. The van der Waals surface area contributed by atoms with Crippen LogP contribution in [0.15, 0.2) is 89.5 Å². The van der Waals surface area contributed by atoms with Crippen LogP contribution < -0.4 is 4.74 Å². The lowest BCUT2D eigenvalue weighted by atomic mass is 10.0. The van der Waals surface area contributed by atoms with E-state index in [1.54, 1.807) is 37.3 Å². The van der Waals surface area contributed by atoms with Gasteiger partial charge in [-0.3, -0.25) is 0 Å². The molecular weight excluding hydrogens is 453 g/mol. The van der Waals surface area contributed by atoms with E-state index in [1.165, 1.54) is 55.6 Å². The van der Waals surface area contributed by atoms with E-state index >= 15 is 0 Å². The van der Waals surface area contributed by atoms with Gasteiger partial charge in [0.1, 0.15) is 10.6 Å². The van der Waals surface area contributed by atoms with Gasteiger partial charge in [-0.05, 0) is 48.9 Å². The van der Waals surface area contributed by atoms with Crippen LogP contribution in [0.25, 0.3) is 5.57 Å². The van der Waals surface area contributed by atoms with Crippen molar-refractivity contribution in [3.8, 4) is 17.6 Å². The van der Waals surface area contributed by atoms with Gasteiger partial charge in [-0.2, -0.15) is 21.6 Å². The molecule has 0 aromatic heterocycles. The maximum atomic E-state index is 14.1. The molecule has 170 valence electrons. The maximum absolute atomic E-state index is 14.1. The molecule has 0 fully saturated rings. The molecule has 0 radical (unpaired) electrons. The summed E-state index contributed by atoms with van der Waals surface area (Å²) >= 11 is 0. The molecule has 3 rings (SSSR count). The van der Waals surface area contributed by atoms with Gasteiger partial charge in [-0.1, -0.05) is 59.9 Å². The standard InChI is InChI=1S/C25H19F3O4S/c1-18-8-15-22(16-9-18)33(29,30)32-24(25(26,27)28)23(20-6-4-3-5-7-20)17-12-19-10-13-21(31-2)14-11-19/h3-11,13-16H,1-2H3/b24-23+. The third-order valence-electron chi connectivity index (χ3n) is 4.47. The zero-order chi connectivity index (χ0) is 24.1. The Morgan fingerprint density at radius 1 is 0.879 bits per heavy atom. The van der Waals surface area contributed by atoms with Gasteiger partial charge in [0.25, 0.3) is 0 Å².